The predicted octanol–water partition coefficient (Wildman–Crippen LogP) is 3.53. The van der Waals surface area contributed by atoms with E-state index in [0.29, 0.717) is 23.8 Å². The number of benzene rings is 1. The molecule has 1 saturated heterocycles. The van der Waals surface area contributed by atoms with E-state index in [1.807, 2.05) is 13.0 Å². The van der Waals surface area contributed by atoms with Gasteiger partial charge >= 0.3 is 0 Å². The Hall–Kier alpha value is -1.66. The minimum Gasteiger partial charge on any atom is -0.350 e. The largest absolute Gasteiger partial charge is 0.350 e. The molecule has 1 aliphatic heterocycles. The lowest BCUT2D eigenvalue weighted by Gasteiger charge is -2.28. The van der Waals surface area contributed by atoms with Crippen molar-refractivity contribution < 1.29 is 9.72 Å². The number of nitrogens with one attached hydrogen (secondary N) is 2. The highest BCUT2D eigenvalue weighted by Crippen LogP contribution is 2.25. The van der Waals surface area contributed by atoms with Gasteiger partial charge in [0.1, 0.15) is 0 Å². The molecule has 0 bridgehead atoms. The van der Waals surface area contributed by atoms with E-state index >= 15 is 0 Å². The third-order valence-electron chi connectivity index (χ3n) is 4.95. The number of hydrogen-bond donors (Lipinski definition) is 2. The molecule has 2 rings (SSSR count). The predicted molar refractivity (Wildman–Crippen MR) is 101 cm³/mol. The lowest BCUT2D eigenvalue weighted by atomic mass is 9.85. The van der Waals surface area contributed by atoms with Crippen LogP contribution in [-0.4, -0.2) is 23.9 Å². The molecular weight excluding hydrogens is 342 g/mol. The van der Waals surface area contributed by atoms with E-state index in [1.165, 1.54) is 12.8 Å². The van der Waals surface area contributed by atoms with Gasteiger partial charge in [0.05, 0.1) is 11.0 Å². The zero-order valence-corrected chi connectivity index (χ0v) is 15.9. The van der Waals surface area contributed by atoms with E-state index in [9.17, 15) is 14.9 Å². The molecule has 1 fully saturated rings. The van der Waals surface area contributed by atoms with Crippen molar-refractivity contribution in [3.05, 3.63) is 39.4 Å². The van der Waals surface area contributed by atoms with Crippen LogP contribution >= 0.6 is 12.4 Å². The Bertz CT molecular complexity index is 603. The van der Waals surface area contributed by atoms with E-state index < -0.39 is 0 Å². The smallest absolute Gasteiger partial charge is 0.272 e. The molecule has 25 heavy (non-hydrogen) atoms. The molecule has 3 atom stereocenters. The molecule has 0 spiro atoms. The van der Waals surface area contributed by atoms with Crippen molar-refractivity contribution in [1.82, 2.24) is 10.6 Å². The Morgan fingerprint density at radius 1 is 1.44 bits per heavy atom. The van der Waals surface area contributed by atoms with Crippen molar-refractivity contribution >= 4 is 24.0 Å². The fourth-order valence-electron chi connectivity index (χ4n) is 3.30. The van der Waals surface area contributed by atoms with Gasteiger partial charge in [0.2, 0.25) is 5.91 Å². The van der Waals surface area contributed by atoms with E-state index in [0.717, 1.165) is 18.7 Å². The number of aryl methyl sites for hydroxylation is 1. The molecule has 1 amide bonds. The van der Waals surface area contributed by atoms with E-state index in [-0.39, 0.29) is 35.0 Å². The lowest BCUT2D eigenvalue weighted by Crippen LogP contribution is -2.36. The minimum atomic E-state index is -0.383. The summed E-state index contributed by atoms with van der Waals surface area (Å²) in [7, 11) is 0. The van der Waals surface area contributed by atoms with Crippen LogP contribution in [0.2, 0.25) is 0 Å². The normalized spacial score (nSPS) is 19.4. The first-order chi connectivity index (χ1) is 11.4. The van der Waals surface area contributed by atoms with Crippen LogP contribution in [0.15, 0.2) is 18.2 Å². The minimum absolute atomic E-state index is 0. The molecule has 1 aromatic rings. The molecule has 6 nitrogen and oxygen atoms in total. The van der Waals surface area contributed by atoms with Crippen molar-refractivity contribution in [2.45, 2.75) is 46.1 Å². The van der Waals surface area contributed by atoms with Crippen LogP contribution in [-0.2, 0) is 4.79 Å². The maximum Gasteiger partial charge on any atom is 0.272 e. The molecule has 0 aromatic heterocycles. The van der Waals surface area contributed by atoms with Crippen LogP contribution < -0.4 is 10.6 Å². The topological polar surface area (TPSA) is 84.3 Å². The number of carbonyl (C=O) groups excluding carboxylic acids is 1. The first kappa shape index (κ1) is 21.4. The quantitative estimate of drug-likeness (QED) is 0.593. The Balaban J connectivity index is 0.00000312. The van der Waals surface area contributed by atoms with Crippen LogP contribution in [0.3, 0.4) is 0 Å². The molecule has 140 valence electrons. The van der Waals surface area contributed by atoms with Crippen molar-refractivity contribution in [3.63, 3.8) is 0 Å². The number of carbonyl (C=O) groups is 1. The molecule has 0 aliphatic carbocycles. The fourth-order valence-corrected chi connectivity index (χ4v) is 3.30. The zero-order chi connectivity index (χ0) is 17.7. The van der Waals surface area contributed by atoms with E-state index in [4.69, 9.17) is 0 Å². The monoisotopic (exact) mass is 369 g/mol. The second-order valence-electron chi connectivity index (χ2n) is 6.88. The Morgan fingerprint density at radius 3 is 2.76 bits per heavy atom. The van der Waals surface area contributed by atoms with Gasteiger partial charge in [0, 0.05) is 18.1 Å². The summed E-state index contributed by atoms with van der Waals surface area (Å²) >= 11 is 0. The Labute approximate surface area is 155 Å². The van der Waals surface area contributed by atoms with Gasteiger partial charge in [-0.15, -0.1) is 12.4 Å². The first-order valence-electron chi connectivity index (χ1n) is 8.63. The summed E-state index contributed by atoms with van der Waals surface area (Å²) in [4.78, 5) is 23.0. The number of halogens is 1. The van der Waals surface area contributed by atoms with Gasteiger partial charge in [-0.05, 0) is 57.2 Å². The molecule has 2 N–H and O–H groups in total. The molecule has 1 aromatic carbocycles. The van der Waals surface area contributed by atoms with Crippen LogP contribution in [0, 0.1) is 28.9 Å². The molecule has 7 heteroatoms. The summed E-state index contributed by atoms with van der Waals surface area (Å²) in [5, 5.41) is 17.4. The maximum atomic E-state index is 12.3. The number of amides is 1. The van der Waals surface area contributed by atoms with Crippen molar-refractivity contribution in [2.24, 2.45) is 11.8 Å². The highest BCUT2D eigenvalue weighted by molar-refractivity contribution is 5.85. The van der Waals surface area contributed by atoms with Crippen molar-refractivity contribution in [1.29, 1.82) is 0 Å². The third kappa shape index (κ3) is 5.97. The summed E-state index contributed by atoms with van der Waals surface area (Å²) in [6.07, 6.45) is 2.83. The third-order valence-corrected chi connectivity index (χ3v) is 4.95. The molecule has 0 saturated carbocycles. The second-order valence-corrected chi connectivity index (χ2v) is 6.88. The van der Waals surface area contributed by atoms with Gasteiger partial charge in [0.25, 0.3) is 5.69 Å². The summed E-state index contributed by atoms with van der Waals surface area (Å²) < 4.78 is 0. The van der Waals surface area contributed by atoms with E-state index in [1.54, 1.807) is 19.1 Å². The van der Waals surface area contributed by atoms with Gasteiger partial charge in [-0.2, -0.15) is 0 Å². The summed E-state index contributed by atoms with van der Waals surface area (Å²) in [6.45, 7) is 7.75. The highest BCUT2D eigenvalue weighted by Gasteiger charge is 2.23. The molecule has 3 unspecified atom stereocenters. The van der Waals surface area contributed by atoms with Crippen LogP contribution in [0.25, 0.3) is 0 Å². The number of hydrogen-bond acceptors (Lipinski definition) is 4. The van der Waals surface area contributed by atoms with Crippen molar-refractivity contribution in [3.8, 4) is 0 Å². The molecular formula is C18H28ClN3O3. The number of rotatable bonds is 6. The maximum absolute atomic E-state index is 12.3. The van der Waals surface area contributed by atoms with Crippen LogP contribution in [0.1, 0.15) is 50.3 Å². The van der Waals surface area contributed by atoms with Crippen LogP contribution in [0.5, 0.6) is 0 Å². The summed E-state index contributed by atoms with van der Waals surface area (Å²) in [5.74, 6) is 0.876. The summed E-state index contributed by atoms with van der Waals surface area (Å²) in [5.41, 5.74) is 1.48. The van der Waals surface area contributed by atoms with Gasteiger partial charge in [-0.25, -0.2) is 0 Å². The Kier molecular flexibility index (Phi) is 8.32. The number of nitro groups is 1. The highest BCUT2D eigenvalue weighted by atomic mass is 35.5. The standard InChI is InChI=1S/C18H27N3O3.ClH/c1-12-6-7-15(10-17(12)21(23)24)14(3)20-18(22)9-13(2)16-5-4-8-19-11-16;/h6-7,10,13-14,16,19H,4-5,8-9,11H2,1-3H3,(H,20,22);1H. The Morgan fingerprint density at radius 2 is 2.16 bits per heavy atom. The van der Waals surface area contributed by atoms with Gasteiger partial charge in [-0.1, -0.05) is 19.1 Å². The average Bonchev–Trinajstić information content (AvgIpc) is 2.55. The number of nitro benzene ring substituents is 1. The van der Waals surface area contributed by atoms with Gasteiger partial charge in [-0.3, -0.25) is 14.9 Å². The van der Waals surface area contributed by atoms with Gasteiger partial charge < -0.3 is 10.6 Å². The van der Waals surface area contributed by atoms with E-state index in [2.05, 4.69) is 17.6 Å². The molecule has 1 heterocycles. The number of nitrogens with zero attached hydrogens (tertiary/aromatic N) is 1. The van der Waals surface area contributed by atoms with Gasteiger partial charge in [0.15, 0.2) is 0 Å². The SMILES string of the molecule is Cc1ccc(C(C)NC(=O)CC(C)C2CCCNC2)cc1[N+](=O)[O-].Cl. The second kappa shape index (κ2) is 9.73. The van der Waals surface area contributed by atoms with Crippen LogP contribution in [0.4, 0.5) is 5.69 Å². The summed E-state index contributed by atoms with van der Waals surface area (Å²) in [6, 6.07) is 4.87. The first-order valence-corrected chi connectivity index (χ1v) is 8.63. The molecule has 1 aliphatic rings. The fraction of sp³-hybridized carbons (Fsp3) is 0.611. The zero-order valence-electron chi connectivity index (χ0n) is 15.1. The van der Waals surface area contributed by atoms with Crippen molar-refractivity contribution in [2.75, 3.05) is 13.1 Å². The number of piperidine rings is 1. The molecule has 0 radical (unpaired) electrons. The lowest BCUT2D eigenvalue weighted by molar-refractivity contribution is -0.385. The average molecular weight is 370 g/mol.